The lowest BCUT2D eigenvalue weighted by Crippen LogP contribution is -2.38. The van der Waals surface area contributed by atoms with Crippen LogP contribution in [0.4, 0.5) is 0 Å². The molecule has 1 saturated heterocycles. The number of thiazole rings is 1. The molecule has 0 saturated carbocycles. The Balaban J connectivity index is 1.60. The van der Waals surface area contributed by atoms with E-state index in [0.717, 1.165) is 82.0 Å². The van der Waals surface area contributed by atoms with E-state index in [4.69, 9.17) is 9.47 Å². The number of hydrogen-bond acceptors (Lipinski definition) is 5. The molecule has 2 rings (SSSR count). The Morgan fingerprint density at radius 2 is 2.28 bits per heavy atom. The highest BCUT2D eigenvalue weighted by atomic mass is 32.1. The van der Waals surface area contributed by atoms with Gasteiger partial charge in [-0.3, -0.25) is 4.99 Å². The third-order valence-corrected chi connectivity index (χ3v) is 5.22. The fraction of sp³-hybridized carbons (Fsp3) is 0.778. The van der Waals surface area contributed by atoms with Crippen LogP contribution in [0.2, 0.25) is 0 Å². The van der Waals surface area contributed by atoms with Crippen LogP contribution in [-0.2, 0) is 15.9 Å². The molecular formula is C18H32N4O2S. The lowest BCUT2D eigenvalue weighted by Gasteiger charge is -2.11. The molecule has 0 amide bonds. The predicted octanol–water partition coefficient (Wildman–Crippen LogP) is 2.30. The van der Waals surface area contributed by atoms with Gasteiger partial charge in [-0.15, -0.1) is 11.3 Å². The van der Waals surface area contributed by atoms with Crippen molar-refractivity contribution in [3.8, 4) is 0 Å². The van der Waals surface area contributed by atoms with Crippen LogP contribution >= 0.6 is 11.3 Å². The van der Waals surface area contributed by atoms with Gasteiger partial charge < -0.3 is 20.1 Å². The van der Waals surface area contributed by atoms with Gasteiger partial charge in [-0.05, 0) is 33.6 Å². The Kier molecular flexibility index (Phi) is 9.21. The number of nitrogens with zero attached hydrogens (tertiary/aromatic N) is 2. The minimum Gasteiger partial charge on any atom is -0.381 e. The van der Waals surface area contributed by atoms with Crippen LogP contribution in [0.1, 0.15) is 35.3 Å². The van der Waals surface area contributed by atoms with Crippen molar-refractivity contribution in [2.24, 2.45) is 10.9 Å². The van der Waals surface area contributed by atoms with Crippen LogP contribution in [0.15, 0.2) is 4.99 Å². The summed E-state index contributed by atoms with van der Waals surface area (Å²) in [6, 6.07) is 0. The minimum absolute atomic E-state index is 0.585. The van der Waals surface area contributed by atoms with Gasteiger partial charge in [0.1, 0.15) is 0 Å². The smallest absolute Gasteiger partial charge is 0.191 e. The Hall–Kier alpha value is -1.18. The van der Waals surface area contributed by atoms with Crippen molar-refractivity contribution in [3.63, 3.8) is 0 Å². The summed E-state index contributed by atoms with van der Waals surface area (Å²) in [6.45, 7) is 12.0. The highest BCUT2D eigenvalue weighted by Gasteiger charge is 2.15. The van der Waals surface area contributed by atoms with Gasteiger partial charge in [-0.2, -0.15) is 0 Å². The Labute approximate surface area is 155 Å². The second-order valence-electron chi connectivity index (χ2n) is 6.34. The van der Waals surface area contributed by atoms with E-state index >= 15 is 0 Å². The second kappa shape index (κ2) is 11.4. The second-order valence-corrected chi connectivity index (χ2v) is 7.62. The summed E-state index contributed by atoms with van der Waals surface area (Å²) in [4.78, 5) is 10.4. The predicted molar refractivity (Wildman–Crippen MR) is 104 cm³/mol. The zero-order valence-corrected chi connectivity index (χ0v) is 16.6. The fourth-order valence-electron chi connectivity index (χ4n) is 2.76. The van der Waals surface area contributed by atoms with E-state index in [9.17, 15) is 0 Å². The van der Waals surface area contributed by atoms with Crippen molar-refractivity contribution < 1.29 is 9.47 Å². The molecule has 1 fully saturated rings. The maximum Gasteiger partial charge on any atom is 0.191 e. The van der Waals surface area contributed by atoms with Gasteiger partial charge in [0.15, 0.2) is 5.96 Å². The van der Waals surface area contributed by atoms with E-state index in [0.29, 0.717) is 5.92 Å². The number of aromatic nitrogens is 1. The summed E-state index contributed by atoms with van der Waals surface area (Å²) in [5, 5.41) is 7.83. The van der Waals surface area contributed by atoms with Gasteiger partial charge in [0.25, 0.3) is 0 Å². The van der Waals surface area contributed by atoms with Crippen LogP contribution < -0.4 is 10.6 Å². The summed E-state index contributed by atoms with van der Waals surface area (Å²) in [5.74, 6) is 1.46. The normalized spacial score (nSPS) is 17.9. The van der Waals surface area contributed by atoms with Crippen LogP contribution in [0.25, 0.3) is 0 Å². The van der Waals surface area contributed by atoms with E-state index in [1.807, 2.05) is 0 Å². The van der Waals surface area contributed by atoms with Gasteiger partial charge >= 0.3 is 0 Å². The van der Waals surface area contributed by atoms with Gasteiger partial charge in [0.05, 0.1) is 23.9 Å². The molecule has 1 aliphatic rings. The zero-order chi connectivity index (χ0) is 17.9. The van der Waals surface area contributed by atoms with E-state index in [2.05, 4.69) is 41.4 Å². The first kappa shape index (κ1) is 20.1. The lowest BCUT2D eigenvalue weighted by atomic mass is 10.1. The van der Waals surface area contributed by atoms with Gasteiger partial charge in [0.2, 0.25) is 0 Å². The molecule has 0 aromatic carbocycles. The molecule has 0 radical (unpaired) electrons. The molecule has 2 heterocycles. The van der Waals surface area contributed by atoms with Crippen molar-refractivity contribution in [1.29, 1.82) is 0 Å². The highest BCUT2D eigenvalue weighted by molar-refractivity contribution is 7.11. The summed E-state index contributed by atoms with van der Waals surface area (Å²) in [7, 11) is 0. The quantitative estimate of drug-likeness (QED) is 0.377. The fourth-order valence-corrected chi connectivity index (χ4v) is 3.70. The molecule has 142 valence electrons. The summed E-state index contributed by atoms with van der Waals surface area (Å²) >= 11 is 1.78. The van der Waals surface area contributed by atoms with Crippen LogP contribution in [0.3, 0.4) is 0 Å². The standard InChI is InChI=1S/C18H32N4O2S/c1-4-19-18(21-9-6-17-14(2)22-15(3)25-17)20-8-5-10-23-12-16-7-11-24-13-16/h16H,4-13H2,1-3H3,(H2,19,20,21). The van der Waals surface area contributed by atoms with E-state index < -0.39 is 0 Å². The van der Waals surface area contributed by atoms with E-state index in [1.165, 1.54) is 4.88 Å². The molecule has 7 heteroatoms. The van der Waals surface area contributed by atoms with Crippen molar-refractivity contribution in [1.82, 2.24) is 15.6 Å². The molecule has 1 aromatic rings. The minimum atomic E-state index is 0.585. The van der Waals surface area contributed by atoms with Crippen molar-refractivity contribution in [3.05, 3.63) is 15.6 Å². The SMILES string of the molecule is CCNC(=NCCCOCC1CCOC1)NCCc1sc(C)nc1C. The summed E-state index contributed by atoms with van der Waals surface area (Å²) in [5.41, 5.74) is 1.15. The molecular weight excluding hydrogens is 336 g/mol. The summed E-state index contributed by atoms with van der Waals surface area (Å²) < 4.78 is 11.1. The van der Waals surface area contributed by atoms with Crippen LogP contribution in [-0.4, -0.2) is 57.0 Å². The van der Waals surface area contributed by atoms with E-state index in [-0.39, 0.29) is 0 Å². The first-order valence-corrected chi connectivity index (χ1v) is 10.1. The average Bonchev–Trinajstić information content (AvgIpc) is 3.20. The molecule has 0 bridgehead atoms. The van der Waals surface area contributed by atoms with Gasteiger partial charge in [-0.1, -0.05) is 0 Å². The van der Waals surface area contributed by atoms with Crippen LogP contribution in [0, 0.1) is 19.8 Å². The number of aliphatic imine (C=N–C) groups is 1. The topological polar surface area (TPSA) is 67.8 Å². The monoisotopic (exact) mass is 368 g/mol. The molecule has 1 aromatic heterocycles. The number of guanidine groups is 1. The molecule has 0 spiro atoms. The van der Waals surface area contributed by atoms with Crippen molar-refractivity contribution >= 4 is 17.3 Å². The maximum atomic E-state index is 5.72. The molecule has 1 atom stereocenters. The lowest BCUT2D eigenvalue weighted by molar-refractivity contribution is 0.0893. The molecule has 0 aliphatic carbocycles. The zero-order valence-electron chi connectivity index (χ0n) is 15.8. The highest BCUT2D eigenvalue weighted by Crippen LogP contribution is 2.17. The molecule has 6 nitrogen and oxygen atoms in total. The molecule has 2 N–H and O–H groups in total. The largest absolute Gasteiger partial charge is 0.381 e. The third-order valence-electron chi connectivity index (χ3n) is 4.08. The summed E-state index contributed by atoms with van der Waals surface area (Å²) in [6.07, 6.45) is 3.05. The first-order valence-electron chi connectivity index (χ1n) is 9.29. The maximum absolute atomic E-state index is 5.72. The van der Waals surface area contributed by atoms with Crippen molar-refractivity contribution in [2.45, 2.75) is 40.0 Å². The Bertz CT molecular complexity index is 527. The Morgan fingerprint density at radius 3 is 2.96 bits per heavy atom. The number of ether oxygens (including phenoxy) is 2. The van der Waals surface area contributed by atoms with E-state index in [1.54, 1.807) is 11.3 Å². The molecule has 1 unspecified atom stereocenters. The third kappa shape index (κ3) is 7.71. The van der Waals surface area contributed by atoms with Crippen molar-refractivity contribution in [2.75, 3.05) is 46.1 Å². The van der Waals surface area contributed by atoms with Gasteiger partial charge in [-0.25, -0.2) is 4.98 Å². The number of aryl methyl sites for hydroxylation is 2. The van der Waals surface area contributed by atoms with Gasteiger partial charge in [0, 0.05) is 50.1 Å². The number of nitrogens with one attached hydrogen (secondary N) is 2. The molecule has 1 aliphatic heterocycles. The number of rotatable bonds is 10. The van der Waals surface area contributed by atoms with Crippen LogP contribution in [0.5, 0.6) is 0 Å². The molecule has 25 heavy (non-hydrogen) atoms. The number of hydrogen-bond donors (Lipinski definition) is 2. The Morgan fingerprint density at radius 1 is 1.40 bits per heavy atom. The average molecular weight is 369 g/mol. The first-order chi connectivity index (χ1) is 12.2.